The molecule has 0 spiro atoms. The van der Waals surface area contributed by atoms with Crippen molar-refractivity contribution in [3.63, 3.8) is 0 Å². The number of nitrogens with two attached hydrogens (primary N) is 1. The van der Waals surface area contributed by atoms with E-state index in [-0.39, 0.29) is 23.6 Å². The van der Waals surface area contributed by atoms with E-state index in [1.54, 1.807) is 12.1 Å². The summed E-state index contributed by atoms with van der Waals surface area (Å²) in [6, 6.07) is 20.0. The van der Waals surface area contributed by atoms with E-state index in [1.165, 1.54) is 12.1 Å². The zero-order valence-corrected chi connectivity index (χ0v) is 24.6. The molecule has 0 radical (unpaired) electrons. The zero-order valence-electron chi connectivity index (χ0n) is 23.0. The number of rotatable bonds is 5. The molecule has 204 valence electrons. The Labute approximate surface area is 242 Å². The number of hydrogen-bond donors (Lipinski definition) is 1. The van der Waals surface area contributed by atoms with E-state index in [1.807, 2.05) is 49.1 Å². The Morgan fingerprint density at radius 3 is 2.48 bits per heavy atom. The van der Waals surface area contributed by atoms with Crippen molar-refractivity contribution < 1.29 is 13.9 Å². The van der Waals surface area contributed by atoms with Crippen molar-refractivity contribution in [3.8, 4) is 11.8 Å². The van der Waals surface area contributed by atoms with Gasteiger partial charge < -0.3 is 10.5 Å². The van der Waals surface area contributed by atoms with Crippen LogP contribution >= 0.6 is 15.9 Å². The van der Waals surface area contributed by atoms with E-state index in [2.05, 4.69) is 41.9 Å². The van der Waals surface area contributed by atoms with E-state index in [0.29, 0.717) is 35.6 Å². The highest BCUT2D eigenvalue weighted by atomic mass is 79.9. The lowest BCUT2D eigenvalue weighted by molar-refractivity contribution is -0.118. The van der Waals surface area contributed by atoms with Gasteiger partial charge >= 0.3 is 0 Å². The number of benzene rings is 3. The molecule has 3 aromatic rings. The van der Waals surface area contributed by atoms with E-state index in [0.717, 1.165) is 38.1 Å². The van der Waals surface area contributed by atoms with Gasteiger partial charge in [-0.1, -0.05) is 38.1 Å². The molecule has 0 amide bonds. The third-order valence-corrected chi connectivity index (χ3v) is 8.39. The molecule has 2 N–H and O–H groups in total. The fourth-order valence-corrected chi connectivity index (χ4v) is 6.26. The molecule has 2 aliphatic rings. The van der Waals surface area contributed by atoms with Gasteiger partial charge in [0.15, 0.2) is 5.78 Å². The third kappa shape index (κ3) is 5.04. The standard InChI is InChI=1S/C33H31BrFN3O2/c1-19-13-20(2)24(14-21(19)18-40-23-11-9-22(35)10-12-23)30-25(17-36)32(37)38(27-8-6-5-7-26(27)34)28-15-33(3,4)16-29(39)31(28)30/h5-14,30H,15-16,18,37H2,1-4H3. The van der Waals surface area contributed by atoms with Gasteiger partial charge in [-0.15, -0.1) is 0 Å². The monoisotopic (exact) mass is 599 g/mol. The van der Waals surface area contributed by atoms with Crippen LogP contribution in [0, 0.1) is 36.4 Å². The smallest absolute Gasteiger partial charge is 0.162 e. The number of carbonyl (C=O) groups excluding carboxylic acids is 1. The molecule has 3 aromatic carbocycles. The Balaban J connectivity index is 1.67. The summed E-state index contributed by atoms with van der Waals surface area (Å²) in [6.45, 7) is 8.43. The molecule has 1 aliphatic heterocycles. The predicted molar refractivity (Wildman–Crippen MR) is 158 cm³/mol. The van der Waals surface area contributed by atoms with Crippen molar-refractivity contribution in [2.75, 3.05) is 4.90 Å². The van der Waals surface area contributed by atoms with Crippen LogP contribution in [0.2, 0.25) is 0 Å². The average molecular weight is 601 g/mol. The average Bonchev–Trinajstić information content (AvgIpc) is 2.89. The molecule has 1 heterocycles. The first-order valence-electron chi connectivity index (χ1n) is 13.2. The van der Waals surface area contributed by atoms with Crippen LogP contribution in [-0.4, -0.2) is 5.78 Å². The number of hydrogen-bond acceptors (Lipinski definition) is 5. The largest absolute Gasteiger partial charge is 0.489 e. The maximum atomic E-state index is 13.9. The van der Waals surface area contributed by atoms with Crippen molar-refractivity contribution in [2.24, 2.45) is 11.1 Å². The molecule has 7 heteroatoms. The highest BCUT2D eigenvalue weighted by Crippen LogP contribution is 2.51. The van der Waals surface area contributed by atoms with Gasteiger partial charge in [-0.05, 0) is 100 Å². The quantitative estimate of drug-likeness (QED) is 0.324. The summed E-state index contributed by atoms with van der Waals surface area (Å²) in [5.41, 5.74) is 12.9. The van der Waals surface area contributed by atoms with Crippen LogP contribution in [0.15, 0.2) is 87.8 Å². The minimum absolute atomic E-state index is 0.0256. The number of allylic oxidation sites excluding steroid dienone is 3. The fraction of sp³-hybridized carbons (Fsp3) is 0.273. The lowest BCUT2D eigenvalue weighted by Crippen LogP contribution is -2.42. The molecule has 1 aliphatic carbocycles. The summed E-state index contributed by atoms with van der Waals surface area (Å²) in [7, 11) is 0. The Kier molecular flexibility index (Phi) is 7.32. The molecule has 1 unspecified atom stereocenters. The maximum Gasteiger partial charge on any atom is 0.162 e. The number of anilines is 1. The molecule has 0 fully saturated rings. The fourth-order valence-electron chi connectivity index (χ4n) is 5.80. The Morgan fingerprint density at radius 2 is 1.80 bits per heavy atom. The molecule has 0 bridgehead atoms. The second-order valence-corrected chi connectivity index (χ2v) is 12.2. The minimum atomic E-state index is -0.590. The summed E-state index contributed by atoms with van der Waals surface area (Å²) in [5, 5.41) is 10.5. The lowest BCUT2D eigenvalue weighted by Gasteiger charge is -2.44. The number of para-hydroxylation sites is 1. The van der Waals surface area contributed by atoms with Crippen LogP contribution in [0.5, 0.6) is 5.75 Å². The van der Waals surface area contributed by atoms with E-state index < -0.39 is 5.92 Å². The van der Waals surface area contributed by atoms with E-state index >= 15 is 0 Å². The van der Waals surface area contributed by atoms with Crippen molar-refractivity contribution in [1.29, 1.82) is 5.26 Å². The molecular formula is C33H31BrFN3O2. The Hall–Kier alpha value is -3.89. The summed E-state index contributed by atoms with van der Waals surface area (Å²) in [5.74, 6) is -0.00746. The molecule has 0 saturated carbocycles. The second-order valence-electron chi connectivity index (χ2n) is 11.3. The SMILES string of the molecule is Cc1cc(C)c(C2C(C#N)=C(N)N(c3ccccc3Br)C3=C2C(=O)CC(C)(C)C3)cc1COc1ccc(F)cc1. The number of ketones is 1. The van der Waals surface area contributed by atoms with Crippen LogP contribution in [0.4, 0.5) is 10.1 Å². The van der Waals surface area contributed by atoms with Crippen LogP contribution in [0.1, 0.15) is 54.9 Å². The number of carbonyl (C=O) groups is 1. The minimum Gasteiger partial charge on any atom is -0.489 e. The van der Waals surface area contributed by atoms with Gasteiger partial charge in [-0.2, -0.15) is 5.26 Å². The van der Waals surface area contributed by atoms with Crippen LogP contribution in [-0.2, 0) is 11.4 Å². The van der Waals surface area contributed by atoms with Crippen molar-refractivity contribution in [2.45, 2.75) is 53.1 Å². The van der Waals surface area contributed by atoms with Crippen LogP contribution < -0.4 is 15.4 Å². The highest BCUT2D eigenvalue weighted by molar-refractivity contribution is 9.10. The third-order valence-electron chi connectivity index (χ3n) is 7.72. The normalized spacial score (nSPS) is 18.5. The number of nitrogens with zero attached hydrogens (tertiary/aromatic N) is 2. The molecule has 40 heavy (non-hydrogen) atoms. The first-order chi connectivity index (χ1) is 19.0. The highest BCUT2D eigenvalue weighted by Gasteiger charge is 2.45. The van der Waals surface area contributed by atoms with Crippen LogP contribution in [0.25, 0.3) is 0 Å². The summed E-state index contributed by atoms with van der Waals surface area (Å²) >= 11 is 3.65. The first-order valence-corrected chi connectivity index (χ1v) is 14.0. The lowest BCUT2D eigenvalue weighted by atomic mass is 9.68. The van der Waals surface area contributed by atoms with Crippen molar-refractivity contribution >= 4 is 27.4 Å². The van der Waals surface area contributed by atoms with E-state index in [4.69, 9.17) is 10.5 Å². The van der Waals surface area contributed by atoms with Gasteiger partial charge in [0.1, 0.15) is 24.0 Å². The van der Waals surface area contributed by atoms with Crippen molar-refractivity contribution in [3.05, 3.63) is 116 Å². The zero-order chi connectivity index (χ0) is 28.8. The molecule has 5 nitrogen and oxygen atoms in total. The maximum absolute atomic E-state index is 13.9. The Bertz CT molecular complexity index is 1620. The molecule has 5 rings (SSSR count). The number of aryl methyl sites for hydroxylation is 2. The number of nitriles is 1. The molecule has 0 saturated heterocycles. The van der Waals surface area contributed by atoms with E-state index in [9.17, 15) is 14.4 Å². The van der Waals surface area contributed by atoms with Gasteiger partial charge in [0.2, 0.25) is 0 Å². The van der Waals surface area contributed by atoms with Gasteiger partial charge in [-0.3, -0.25) is 9.69 Å². The second kappa shape index (κ2) is 10.6. The predicted octanol–water partition coefficient (Wildman–Crippen LogP) is 7.72. The molecule has 1 atom stereocenters. The van der Waals surface area contributed by atoms with Crippen molar-refractivity contribution in [1.82, 2.24) is 0 Å². The molecular weight excluding hydrogens is 569 g/mol. The topological polar surface area (TPSA) is 79.4 Å². The van der Waals surface area contributed by atoms with Gasteiger partial charge in [0.05, 0.1) is 23.2 Å². The summed E-state index contributed by atoms with van der Waals surface area (Å²) in [6.07, 6.45) is 1.02. The molecule has 0 aromatic heterocycles. The number of Topliss-reactive ketones (excluding diaryl/α,β-unsaturated/α-hetero) is 1. The van der Waals surface area contributed by atoms with Gasteiger partial charge in [-0.25, -0.2) is 4.39 Å². The van der Waals surface area contributed by atoms with Crippen LogP contribution in [0.3, 0.4) is 0 Å². The summed E-state index contributed by atoms with van der Waals surface area (Å²) < 4.78 is 20.1. The summed E-state index contributed by atoms with van der Waals surface area (Å²) in [4.78, 5) is 15.8. The number of ether oxygens (including phenoxy) is 1. The number of halogens is 2. The first kappa shape index (κ1) is 27.7. The Morgan fingerprint density at radius 1 is 1.10 bits per heavy atom. The van der Waals surface area contributed by atoms with Gasteiger partial charge in [0, 0.05) is 22.2 Å². The van der Waals surface area contributed by atoms with Gasteiger partial charge in [0.25, 0.3) is 0 Å².